The average Bonchev–Trinajstić information content (AvgIpc) is 3.14. The van der Waals surface area contributed by atoms with Crippen molar-refractivity contribution in [3.63, 3.8) is 0 Å². The Labute approximate surface area is 192 Å². The van der Waals surface area contributed by atoms with Gasteiger partial charge in [-0.3, -0.25) is 14.8 Å². The number of hydrogen-bond acceptors (Lipinski definition) is 6. The Kier molecular flexibility index (Phi) is 6.83. The second-order valence-corrected chi connectivity index (χ2v) is 10.1. The number of fused-ring (bicyclic) bond motifs is 1. The van der Waals surface area contributed by atoms with Crippen molar-refractivity contribution < 1.29 is 15.0 Å². The topological polar surface area (TPSA) is 112 Å². The molecule has 0 spiro atoms. The molecule has 1 saturated heterocycles. The third-order valence-corrected chi connectivity index (χ3v) is 7.50. The van der Waals surface area contributed by atoms with Gasteiger partial charge in [0.25, 0.3) is 0 Å². The molecule has 1 aromatic heterocycles. The fourth-order valence-electron chi connectivity index (χ4n) is 4.38. The maximum Gasteiger partial charge on any atom is 0.221 e. The summed E-state index contributed by atoms with van der Waals surface area (Å²) in [7, 11) is 0. The molecule has 1 aliphatic carbocycles. The van der Waals surface area contributed by atoms with Crippen LogP contribution in [0.25, 0.3) is 11.3 Å². The van der Waals surface area contributed by atoms with Crippen LogP contribution in [0.5, 0.6) is 0 Å². The average molecular weight is 455 g/mol. The number of aliphatic imine (C=N–C) groups is 1. The largest absolute Gasteiger partial charge is 0.390 e. The number of amidine groups is 1. The number of nitrogens with two attached hydrogens (primary N) is 1. The Morgan fingerprint density at radius 3 is 2.62 bits per heavy atom. The molecule has 170 valence electrons. The lowest BCUT2D eigenvalue weighted by Crippen LogP contribution is -2.58. The van der Waals surface area contributed by atoms with Crippen LogP contribution >= 0.6 is 11.8 Å². The van der Waals surface area contributed by atoms with Crippen molar-refractivity contribution in [3.8, 4) is 11.3 Å². The number of pyridine rings is 1. The number of thioether (sulfide) groups is 1. The van der Waals surface area contributed by atoms with Crippen LogP contribution < -0.4 is 5.73 Å². The molecule has 0 unspecified atom stereocenters. The van der Waals surface area contributed by atoms with Gasteiger partial charge in [-0.05, 0) is 30.0 Å². The molecule has 7 nitrogen and oxygen atoms in total. The first-order chi connectivity index (χ1) is 15.3. The molecule has 1 aliphatic heterocycles. The van der Waals surface area contributed by atoms with Crippen LogP contribution in [0.3, 0.4) is 0 Å². The van der Waals surface area contributed by atoms with E-state index in [2.05, 4.69) is 18.8 Å². The zero-order chi connectivity index (χ0) is 22.8. The third-order valence-electron chi connectivity index (χ3n) is 6.04. The van der Waals surface area contributed by atoms with E-state index in [4.69, 9.17) is 10.7 Å². The number of amides is 1. The number of rotatable bonds is 6. The molecule has 1 aromatic carbocycles. The van der Waals surface area contributed by atoms with Crippen molar-refractivity contribution in [2.24, 2.45) is 22.6 Å². The minimum Gasteiger partial charge on any atom is -0.390 e. The van der Waals surface area contributed by atoms with E-state index in [0.29, 0.717) is 19.0 Å². The number of primary amides is 1. The molecular formula is C24H30N4O3S. The first-order valence-corrected chi connectivity index (χ1v) is 11.9. The van der Waals surface area contributed by atoms with E-state index in [9.17, 15) is 15.0 Å². The third kappa shape index (κ3) is 4.67. The quantitative estimate of drug-likeness (QED) is 0.617. The number of carbonyl (C=O) groups excluding carboxylic acids is 1. The Bertz CT molecular complexity index is 967. The first kappa shape index (κ1) is 22.8. The Morgan fingerprint density at radius 1 is 1.25 bits per heavy atom. The van der Waals surface area contributed by atoms with E-state index in [-0.39, 0.29) is 11.7 Å². The fraction of sp³-hybridized carbons (Fsp3) is 0.458. The fourth-order valence-corrected chi connectivity index (χ4v) is 5.95. The van der Waals surface area contributed by atoms with Gasteiger partial charge >= 0.3 is 0 Å². The molecule has 32 heavy (non-hydrogen) atoms. The first-order valence-electron chi connectivity index (χ1n) is 11.0. The molecule has 5 atom stereocenters. The summed E-state index contributed by atoms with van der Waals surface area (Å²) in [5.41, 5.74) is 8.64. The molecule has 2 aliphatic rings. The van der Waals surface area contributed by atoms with Gasteiger partial charge in [0.1, 0.15) is 6.10 Å². The molecule has 0 radical (unpaired) electrons. The Hall–Kier alpha value is -2.42. The second-order valence-electron chi connectivity index (χ2n) is 8.93. The summed E-state index contributed by atoms with van der Waals surface area (Å²) in [6.45, 7) is 5.37. The summed E-state index contributed by atoms with van der Waals surface area (Å²) < 4.78 is 0. The van der Waals surface area contributed by atoms with Gasteiger partial charge in [0.15, 0.2) is 5.17 Å². The number of aromatic nitrogens is 1. The zero-order valence-corrected chi connectivity index (χ0v) is 19.2. The van der Waals surface area contributed by atoms with Gasteiger partial charge in [-0.25, -0.2) is 0 Å². The summed E-state index contributed by atoms with van der Waals surface area (Å²) in [5.74, 6) is -0.569. The SMILES string of the molecule is CC(C)CN=C1S[C@H]2[C@H]([C@@H](O)[C@H](O)C[C@@H]2C(N)=O)N1Cc1ccc(-c2ccccn2)cc1. The predicted octanol–water partition coefficient (Wildman–Crippen LogP) is 2.27. The predicted molar refractivity (Wildman–Crippen MR) is 127 cm³/mol. The van der Waals surface area contributed by atoms with Crippen LogP contribution in [-0.4, -0.2) is 61.2 Å². The molecule has 4 N–H and O–H groups in total. The van der Waals surface area contributed by atoms with Crippen molar-refractivity contribution in [1.29, 1.82) is 0 Å². The Balaban J connectivity index is 1.62. The molecule has 2 fully saturated rings. The molecule has 4 rings (SSSR count). The second kappa shape index (κ2) is 9.60. The van der Waals surface area contributed by atoms with Crippen molar-refractivity contribution in [2.45, 2.75) is 50.3 Å². The summed E-state index contributed by atoms with van der Waals surface area (Å²) >= 11 is 1.50. The number of hydrogen-bond donors (Lipinski definition) is 3. The lowest BCUT2D eigenvalue weighted by atomic mass is 9.80. The summed E-state index contributed by atoms with van der Waals surface area (Å²) in [4.78, 5) is 23.3. The summed E-state index contributed by atoms with van der Waals surface area (Å²) in [6, 6.07) is 13.5. The number of nitrogens with zero attached hydrogens (tertiary/aromatic N) is 3. The van der Waals surface area contributed by atoms with Gasteiger partial charge in [0.05, 0.1) is 23.8 Å². The van der Waals surface area contributed by atoms with Crippen LogP contribution in [0.1, 0.15) is 25.8 Å². The molecule has 1 saturated carbocycles. The maximum atomic E-state index is 12.1. The monoisotopic (exact) mass is 454 g/mol. The molecule has 2 heterocycles. The highest BCUT2D eigenvalue weighted by atomic mass is 32.2. The minimum absolute atomic E-state index is 0.175. The van der Waals surface area contributed by atoms with Crippen molar-refractivity contribution in [1.82, 2.24) is 9.88 Å². The van der Waals surface area contributed by atoms with Crippen LogP contribution in [0.2, 0.25) is 0 Å². The van der Waals surface area contributed by atoms with E-state index in [1.54, 1.807) is 6.20 Å². The van der Waals surface area contributed by atoms with Crippen LogP contribution in [0.4, 0.5) is 0 Å². The number of aliphatic hydroxyl groups excluding tert-OH is 2. The highest BCUT2D eigenvalue weighted by Gasteiger charge is 2.54. The zero-order valence-electron chi connectivity index (χ0n) is 18.3. The smallest absolute Gasteiger partial charge is 0.221 e. The standard InChI is InChI=1S/C24H30N4O3S/c1-14(2)12-27-24-28(20-21(30)19(29)11-17(23(25)31)22(20)32-24)13-15-6-8-16(9-7-15)18-5-3-4-10-26-18/h3-10,14,17,19-22,29-30H,11-13H2,1-2H3,(H2,25,31)/t17-,19+,20-,21-,22+/m0/s1. The number of aliphatic hydroxyl groups is 2. The highest BCUT2D eigenvalue weighted by Crippen LogP contribution is 2.44. The molecule has 0 bridgehead atoms. The number of carbonyl (C=O) groups is 1. The van der Waals surface area contributed by atoms with Gasteiger partial charge in [-0.1, -0.05) is 55.9 Å². The maximum absolute atomic E-state index is 12.1. The molecular weight excluding hydrogens is 424 g/mol. The van der Waals surface area contributed by atoms with E-state index < -0.39 is 30.1 Å². The van der Waals surface area contributed by atoms with Crippen LogP contribution in [-0.2, 0) is 11.3 Å². The lowest BCUT2D eigenvalue weighted by molar-refractivity contribution is -0.128. The molecule has 8 heteroatoms. The summed E-state index contributed by atoms with van der Waals surface area (Å²) in [5, 5.41) is 21.9. The van der Waals surface area contributed by atoms with E-state index in [1.165, 1.54) is 11.8 Å². The highest BCUT2D eigenvalue weighted by molar-refractivity contribution is 8.14. The lowest BCUT2D eigenvalue weighted by Gasteiger charge is -2.41. The van der Waals surface area contributed by atoms with Crippen molar-refractivity contribution in [2.75, 3.05) is 6.54 Å². The van der Waals surface area contributed by atoms with Crippen LogP contribution in [0, 0.1) is 11.8 Å². The van der Waals surface area contributed by atoms with E-state index in [0.717, 1.165) is 22.0 Å². The van der Waals surface area contributed by atoms with Crippen molar-refractivity contribution in [3.05, 3.63) is 54.2 Å². The van der Waals surface area contributed by atoms with Gasteiger partial charge in [-0.15, -0.1) is 0 Å². The van der Waals surface area contributed by atoms with E-state index in [1.807, 2.05) is 47.4 Å². The minimum atomic E-state index is -0.993. The summed E-state index contributed by atoms with van der Waals surface area (Å²) in [6.07, 6.45) is -0.0161. The van der Waals surface area contributed by atoms with Crippen molar-refractivity contribution >= 4 is 22.8 Å². The van der Waals surface area contributed by atoms with E-state index >= 15 is 0 Å². The van der Waals surface area contributed by atoms with Gasteiger partial charge < -0.3 is 20.8 Å². The normalized spacial score (nSPS) is 28.8. The van der Waals surface area contributed by atoms with Crippen LogP contribution in [0.15, 0.2) is 53.7 Å². The number of benzene rings is 1. The van der Waals surface area contributed by atoms with Gasteiger partial charge in [0, 0.05) is 30.1 Å². The molecule has 2 aromatic rings. The van der Waals surface area contributed by atoms with Gasteiger partial charge in [-0.2, -0.15) is 0 Å². The Morgan fingerprint density at radius 2 is 2.00 bits per heavy atom. The molecule has 1 amide bonds. The van der Waals surface area contributed by atoms with Gasteiger partial charge in [0.2, 0.25) is 5.91 Å².